The number of fused-ring (bicyclic) bond motifs is 1. The molecule has 2 aromatic heterocycles. The largest absolute Gasteiger partial charge is 0.446 e. The summed E-state index contributed by atoms with van der Waals surface area (Å²) < 4.78 is 20.2. The topological polar surface area (TPSA) is 63.5 Å². The minimum Gasteiger partial charge on any atom is -0.446 e. The van der Waals surface area contributed by atoms with E-state index in [4.69, 9.17) is 4.74 Å². The molecule has 1 amide bonds. The molecule has 3 aliphatic rings. The Morgan fingerprint density at radius 2 is 2.00 bits per heavy atom. The number of aryl methyl sites for hydroxylation is 1. The van der Waals surface area contributed by atoms with Crippen LogP contribution in [0.1, 0.15) is 36.6 Å². The van der Waals surface area contributed by atoms with Crippen molar-refractivity contribution in [3.05, 3.63) is 41.5 Å². The van der Waals surface area contributed by atoms with Gasteiger partial charge in [-0.25, -0.2) is 9.18 Å². The van der Waals surface area contributed by atoms with E-state index in [1.54, 1.807) is 4.90 Å². The van der Waals surface area contributed by atoms with Crippen molar-refractivity contribution in [1.29, 1.82) is 0 Å². The highest BCUT2D eigenvalue weighted by Gasteiger charge is 2.34. The minimum absolute atomic E-state index is 0.257. The van der Waals surface area contributed by atoms with Crippen LogP contribution in [-0.2, 0) is 18.2 Å². The predicted octanol–water partition coefficient (Wildman–Crippen LogP) is 3.06. The molecule has 8 heteroatoms. The minimum atomic E-state index is -0.818. The average Bonchev–Trinajstić information content (AvgIpc) is 3.30. The molecule has 158 valence electrons. The number of allylic oxidation sites excluding steroid dienone is 2. The van der Waals surface area contributed by atoms with Gasteiger partial charge in [0.25, 0.3) is 0 Å². The van der Waals surface area contributed by atoms with Crippen molar-refractivity contribution < 1.29 is 13.9 Å². The van der Waals surface area contributed by atoms with E-state index < -0.39 is 6.17 Å². The number of pyridine rings is 1. The Morgan fingerprint density at radius 3 is 2.67 bits per heavy atom. The third kappa shape index (κ3) is 3.34. The van der Waals surface area contributed by atoms with Crippen LogP contribution in [0.2, 0.25) is 0 Å². The Hall–Kier alpha value is -2.90. The Bertz CT molecular complexity index is 1000. The molecule has 0 unspecified atom stereocenters. The molecule has 0 radical (unpaired) electrons. The van der Waals surface area contributed by atoms with Gasteiger partial charge in [0.2, 0.25) is 0 Å². The zero-order valence-electron chi connectivity index (χ0n) is 17.3. The molecule has 0 spiro atoms. The summed E-state index contributed by atoms with van der Waals surface area (Å²) >= 11 is 0. The monoisotopic (exact) mass is 411 g/mol. The average molecular weight is 411 g/mol. The smallest absolute Gasteiger partial charge is 0.410 e. The molecule has 0 aromatic carbocycles. The molecular weight excluding hydrogens is 385 g/mol. The van der Waals surface area contributed by atoms with Crippen molar-refractivity contribution >= 4 is 22.9 Å². The fourth-order valence-electron chi connectivity index (χ4n) is 4.59. The summed E-state index contributed by atoms with van der Waals surface area (Å²) in [6, 6.07) is 2.07. The van der Waals surface area contributed by atoms with Gasteiger partial charge in [-0.3, -0.25) is 9.67 Å². The van der Waals surface area contributed by atoms with E-state index in [0.717, 1.165) is 30.8 Å². The molecule has 1 saturated carbocycles. The van der Waals surface area contributed by atoms with E-state index in [1.165, 1.54) is 22.4 Å². The third-order valence-corrected chi connectivity index (χ3v) is 6.42. The summed E-state index contributed by atoms with van der Waals surface area (Å²) in [6.45, 7) is 4.82. The van der Waals surface area contributed by atoms with Crippen LogP contribution in [0.25, 0.3) is 11.1 Å². The Labute approximate surface area is 175 Å². The normalized spacial score (nSPS) is 23.4. The zero-order valence-corrected chi connectivity index (χ0v) is 17.3. The van der Waals surface area contributed by atoms with Crippen LogP contribution in [0, 0.1) is 0 Å². The molecule has 1 saturated heterocycles. The Kier molecular flexibility index (Phi) is 4.72. The van der Waals surface area contributed by atoms with Crippen molar-refractivity contribution in [2.75, 3.05) is 31.1 Å². The number of carbonyl (C=O) groups excluding carboxylic acids is 1. The van der Waals surface area contributed by atoms with E-state index >= 15 is 0 Å². The Balaban J connectivity index is 1.30. The summed E-state index contributed by atoms with van der Waals surface area (Å²) in [5, 5.41) is 4.31. The van der Waals surface area contributed by atoms with Crippen LogP contribution in [0.5, 0.6) is 0 Å². The zero-order chi connectivity index (χ0) is 20.8. The highest BCUT2D eigenvalue weighted by Crippen LogP contribution is 2.42. The summed E-state index contributed by atoms with van der Waals surface area (Å²) in [6.07, 6.45) is 5.90. The van der Waals surface area contributed by atoms with Crippen molar-refractivity contribution in [2.24, 2.45) is 7.05 Å². The number of nitrogens with zero attached hydrogens (tertiary/aromatic N) is 5. The molecule has 1 aliphatic heterocycles. The van der Waals surface area contributed by atoms with Crippen LogP contribution in [0.4, 0.5) is 14.9 Å². The number of alkyl halides is 1. The Morgan fingerprint density at radius 1 is 1.23 bits per heavy atom. The summed E-state index contributed by atoms with van der Waals surface area (Å²) in [5.74, 6) is 0. The SMILES string of the molecule is CC1=C(c2cnn(C)c2)Cc2nccc(N3CCN(C(=O)OC4CC(F)C4)CC3)c21. The molecule has 0 atom stereocenters. The first-order valence-corrected chi connectivity index (χ1v) is 10.5. The number of anilines is 1. The van der Waals surface area contributed by atoms with E-state index in [0.29, 0.717) is 25.9 Å². The maximum atomic E-state index is 13.0. The van der Waals surface area contributed by atoms with Gasteiger partial charge in [0.1, 0.15) is 12.3 Å². The molecule has 3 heterocycles. The van der Waals surface area contributed by atoms with Crippen molar-refractivity contribution in [3.8, 4) is 0 Å². The second-order valence-electron chi connectivity index (χ2n) is 8.38. The second-order valence-corrected chi connectivity index (χ2v) is 8.38. The lowest BCUT2D eigenvalue weighted by atomic mass is 9.94. The lowest BCUT2D eigenvalue weighted by Crippen LogP contribution is -2.50. The number of hydrogen-bond acceptors (Lipinski definition) is 5. The van der Waals surface area contributed by atoms with E-state index in [-0.39, 0.29) is 12.2 Å². The van der Waals surface area contributed by atoms with Gasteiger partial charge in [-0.05, 0) is 24.1 Å². The molecule has 2 aromatic rings. The quantitative estimate of drug-likeness (QED) is 0.777. The van der Waals surface area contributed by atoms with Crippen molar-refractivity contribution in [1.82, 2.24) is 19.7 Å². The molecule has 2 aliphatic carbocycles. The highest BCUT2D eigenvalue weighted by molar-refractivity contribution is 5.99. The lowest BCUT2D eigenvalue weighted by molar-refractivity contribution is -0.0132. The summed E-state index contributed by atoms with van der Waals surface area (Å²) in [5.41, 5.74) is 7.12. The number of ether oxygens (including phenoxy) is 1. The number of carbonyl (C=O) groups is 1. The van der Waals surface area contributed by atoms with E-state index in [1.807, 2.05) is 30.3 Å². The predicted molar refractivity (Wildman–Crippen MR) is 112 cm³/mol. The van der Waals surface area contributed by atoms with Crippen LogP contribution >= 0.6 is 0 Å². The number of amides is 1. The molecule has 2 fully saturated rings. The second kappa shape index (κ2) is 7.41. The fraction of sp³-hybridized carbons (Fsp3) is 0.500. The molecule has 0 bridgehead atoms. The van der Waals surface area contributed by atoms with Gasteiger partial charge >= 0.3 is 6.09 Å². The van der Waals surface area contributed by atoms with Crippen molar-refractivity contribution in [3.63, 3.8) is 0 Å². The number of aromatic nitrogens is 3. The van der Waals surface area contributed by atoms with E-state index in [9.17, 15) is 9.18 Å². The van der Waals surface area contributed by atoms with Gasteiger partial charge in [0, 0.05) is 81.7 Å². The van der Waals surface area contributed by atoms with Gasteiger partial charge < -0.3 is 14.5 Å². The van der Waals surface area contributed by atoms with E-state index in [2.05, 4.69) is 28.0 Å². The number of halogens is 1. The maximum Gasteiger partial charge on any atom is 0.410 e. The molecule has 30 heavy (non-hydrogen) atoms. The van der Waals surface area contributed by atoms with Crippen LogP contribution in [0.3, 0.4) is 0 Å². The van der Waals surface area contributed by atoms with Crippen LogP contribution < -0.4 is 4.90 Å². The summed E-state index contributed by atoms with van der Waals surface area (Å²) in [7, 11) is 1.93. The molecule has 5 rings (SSSR count). The van der Waals surface area contributed by atoms with Crippen LogP contribution in [-0.4, -0.2) is 64.2 Å². The number of hydrogen-bond donors (Lipinski definition) is 0. The van der Waals surface area contributed by atoms with Crippen molar-refractivity contribution in [2.45, 2.75) is 38.5 Å². The number of rotatable bonds is 3. The molecule has 7 nitrogen and oxygen atoms in total. The fourth-order valence-corrected chi connectivity index (χ4v) is 4.59. The van der Waals surface area contributed by atoms with Crippen LogP contribution in [0.15, 0.2) is 24.7 Å². The maximum absolute atomic E-state index is 13.0. The summed E-state index contributed by atoms with van der Waals surface area (Å²) in [4.78, 5) is 21.0. The molecular formula is C22H26FN5O2. The van der Waals surface area contributed by atoms with Gasteiger partial charge in [0.05, 0.1) is 11.9 Å². The lowest BCUT2D eigenvalue weighted by Gasteiger charge is -2.38. The van der Waals surface area contributed by atoms with Gasteiger partial charge in [-0.2, -0.15) is 5.10 Å². The highest BCUT2D eigenvalue weighted by atomic mass is 19.1. The first kappa shape index (κ1) is 19.1. The molecule has 0 N–H and O–H groups in total. The first-order chi connectivity index (χ1) is 14.5. The third-order valence-electron chi connectivity index (χ3n) is 6.42. The standard InChI is InChI=1S/C22H26FN5O2/c1-14-18(15-12-25-26(2)13-15)11-19-21(14)20(3-4-24-19)27-5-7-28(8-6-27)22(29)30-17-9-16(23)10-17/h3-4,12-13,16-17H,5-11H2,1-2H3. The van der Waals surface area contributed by atoms with Gasteiger partial charge in [-0.1, -0.05) is 0 Å². The number of piperazine rings is 1. The van der Waals surface area contributed by atoms with Gasteiger partial charge in [-0.15, -0.1) is 0 Å². The first-order valence-electron chi connectivity index (χ1n) is 10.5. The van der Waals surface area contributed by atoms with Gasteiger partial charge in [0.15, 0.2) is 0 Å².